The minimum Gasteiger partial charge on any atom is -0.161 e. The lowest BCUT2D eigenvalue weighted by molar-refractivity contribution is 0.559. The van der Waals surface area contributed by atoms with Crippen molar-refractivity contribution < 1.29 is 0 Å². The van der Waals surface area contributed by atoms with Crippen LogP contribution in [0.2, 0.25) is 0 Å². The van der Waals surface area contributed by atoms with Crippen molar-refractivity contribution in [3.63, 3.8) is 0 Å². The average Bonchev–Trinajstić information content (AvgIpc) is 3.10. The van der Waals surface area contributed by atoms with Gasteiger partial charge in [-0.05, 0) is 30.3 Å². The molecule has 2 saturated heterocycles. The summed E-state index contributed by atoms with van der Waals surface area (Å²) in [4.78, 5) is 0. The fourth-order valence-corrected chi connectivity index (χ4v) is 7.51. The molecule has 18 heavy (non-hydrogen) atoms. The summed E-state index contributed by atoms with van der Waals surface area (Å²) in [6.45, 7) is 2.43. The first-order valence-electron chi connectivity index (χ1n) is 6.90. The maximum atomic E-state index is 2.43. The van der Waals surface area contributed by atoms with Gasteiger partial charge in [-0.1, -0.05) is 34.9 Å². The van der Waals surface area contributed by atoms with Gasteiger partial charge in [-0.15, -0.1) is 0 Å². The molecule has 3 unspecified atom stereocenters. The standard InChI is InChI=1S/C13H24S5/c1-11(6-15-8-13-10-17-18-13)4-2-3-5-14-7-12-9-16-12/h11-13H,2-10H2,1H3. The summed E-state index contributed by atoms with van der Waals surface area (Å²) < 4.78 is 0. The van der Waals surface area contributed by atoms with Crippen LogP contribution in [0.5, 0.6) is 0 Å². The molecule has 0 spiro atoms. The topological polar surface area (TPSA) is 0 Å². The lowest BCUT2D eigenvalue weighted by Crippen LogP contribution is -2.16. The molecule has 0 aromatic rings. The van der Waals surface area contributed by atoms with Crippen molar-refractivity contribution in [3.05, 3.63) is 0 Å². The maximum absolute atomic E-state index is 2.43. The Balaban J connectivity index is 1.31. The molecule has 0 amide bonds. The van der Waals surface area contributed by atoms with Crippen molar-refractivity contribution in [2.24, 2.45) is 5.92 Å². The zero-order chi connectivity index (χ0) is 12.6. The highest BCUT2D eigenvalue weighted by Crippen LogP contribution is 2.42. The molecule has 2 heterocycles. The Bertz CT molecular complexity index is 215. The summed E-state index contributed by atoms with van der Waals surface area (Å²) in [6.07, 6.45) is 4.32. The van der Waals surface area contributed by atoms with Gasteiger partial charge in [0.25, 0.3) is 0 Å². The Kier molecular flexibility index (Phi) is 8.64. The van der Waals surface area contributed by atoms with Gasteiger partial charge in [0.1, 0.15) is 0 Å². The Morgan fingerprint density at radius 3 is 2.56 bits per heavy atom. The molecule has 2 fully saturated rings. The van der Waals surface area contributed by atoms with Crippen LogP contribution in [0.4, 0.5) is 0 Å². The fraction of sp³-hybridized carbons (Fsp3) is 1.00. The van der Waals surface area contributed by atoms with Gasteiger partial charge in [-0.25, -0.2) is 0 Å². The molecule has 0 aromatic carbocycles. The number of thioether (sulfide) groups is 3. The van der Waals surface area contributed by atoms with Crippen molar-refractivity contribution in [2.45, 2.75) is 36.7 Å². The Morgan fingerprint density at radius 2 is 1.89 bits per heavy atom. The number of hydrogen-bond acceptors (Lipinski definition) is 5. The molecule has 0 N–H and O–H groups in total. The van der Waals surface area contributed by atoms with Crippen molar-refractivity contribution in [3.8, 4) is 0 Å². The molecule has 0 bridgehead atoms. The molecule has 2 aliphatic rings. The van der Waals surface area contributed by atoms with E-state index in [1.165, 1.54) is 53.8 Å². The van der Waals surface area contributed by atoms with E-state index >= 15 is 0 Å². The first-order chi connectivity index (χ1) is 8.84. The summed E-state index contributed by atoms with van der Waals surface area (Å²) >= 11 is 6.49. The zero-order valence-electron chi connectivity index (χ0n) is 11.1. The van der Waals surface area contributed by atoms with Crippen molar-refractivity contribution in [2.75, 3.05) is 34.5 Å². The first kappa shape index (κ1) is 16.1. The van der Waals surface area contributed by atoms with Crippen molar-refractivity contribution in [1.29, 1.82) is 0 Å². The van der Waals surface area contributed by atoms with Crippen LogP contribution in [0.15, 0.2) is 0 Å². The predicted molar refractivity (Wildman–Crippen MR) is 97.7 cm³/mol. The van der Waals surface area contributed by atoms with Gasteiger partial charge in [0.2, 0.25) is 0 Å². The number of hydrogen-bond donors (Lipinski definition) is 0. The molecular weight excluding hydrogens is 316 g/mol. The Labute approximate surface area is 133 Å². The van der Waals surface area contributed by atoms with Gasteiger partial charge in [0, 0.05) is 33.5 Å². The third kappa shape index (κ3) is 7.51. The predicted octanol–water partition coefficient (Wildman–Crippen LogP) is 5.14. The molecule has 0 saturated carbocycles. The second kappa shape index (κ2) is 9.64. The van der Waals surface area contributed by atoms with E-state index in [9.17, 15) is 0 Å². The van der Waals surface area contributed by atoms with Crippen LogP contribution in [-0.4, -0.2) is 45.0 Å². The summed E-state index contributed by atoms with van der Waals surface area (Å²) in [5.41, 5.74) is 0. The average molecular weight is 341 g/mol. The van der Waals surface area contributed by atoms with Crippen molar-refractivity contribution >= 4 is 56.9 Å². The smallest absolute Gasteiger partial charge is 0.0340 e. The first-order valence-corrected chi connectivity index (χ1v) is 12.6. The van der Waals surface area contributed by atoms with Gasteiger partial charge < -0.3 is 0 Å². The molecule has 5 heteroatoms. The third-order valence-electron chi connectivity index (χ3n) is 3.11. The lowest BCUT2D eigenvalue weighted by Gasteiger charge is -2.23. The molecular formula is C13H24S5. The van der Waals surface area contributed by atoms with Crippen LogP contribution in [0.25, 0.3) is 0 Å². The molecule has 0 nitrogen and oxygen atoms in total. The summed E-state index contributed by atoms with van der Waals surface area (Å²) in [5.74, 6) is 9.32. The molecule has 0 aliphatic carbocycles. The van der Waals surface area contributed by atoms with E-state index in [0.29, 0.717) is 0 Å². The van der Waals surface area contributed by atoms with Crippen LogP contribution in [0, 0.1) is 5.92 Å². The Hall–Kier alpha value is 1.75. The SMILES string of the molecule is CC(CCCCSCC1CS1)CSCC1CSS1. The van der Waals surface area contributed by atoms with Gasteiger partial charge in [0.05, 0.1) is 0 Å². The molecule has 0 radical (unpaired) electrons. The van der Waals surface area contributed by atoms with Crippen molar-refractivity contribution in [1.82, 2.24) is 0 Å². The highest BCUT2D eigenvalue weighted by atomic mass is 33.1. The van der Waals surface area contributed by atoms with E-state index in [1.807, 2.05) is 10.8 Å². The van der Waals surface area contributed by atoms with E-state index in [2.05, 4.69) is 53.0 Å². The second-order valence-electron chi connectivity index (χ2n) is 5.17. The molecule has 3 atom stereocenters. The van der Waals surface area contributed by atoms with E-state index in [1.54, 1.807) is 0 Å². The van der Waals surface area contributed by atoms with E-state index < -0.39 is 0 Å². The number of unbranched alkanes of at least 4 members (excludes halogenated alkanes) is 1. The normalized spacial score (nSPS) is 27.8. The van der Waals surface area contributed by atoms with E-state index in [4.69, 9.17) is 0 Å². The van der Waals surface area contributed by atoms with E-state index in [-0.39, 0.29) is 0 Å². The quantitative estimate of drug-likeness (QED) is 0.289. The highest BCUT2D eigenvalue weighted by Gasteiger charge is 2.21. The summed E-state index contributed by atoms with van der Waals surface area (Å²) in [6, 6.07) is 0. The molecule has 2 rings (SSSR count). The lowest BCUT2D eigenvalue weighted by atomic mass is 10.1. The third-order valence-corrected chi connectivity index (χ3v) is 10.3. The minimum atomic E-state index is 0.928. The second-order valence-corrected chi connectivity index (χ2v) is 11.4. The molecule has 0 aromatic heterocycles. The monoisotopic (exact) mass is 340 g/mol. The maximum Gasteiger partial charge on any atom is 0.0340 e. The summed E-state index contributed by atoms with van der Waals surface area (Å²) in [7, 11) is 4.11. The largest absolute Gasteiger partial charge is 0.161 e. The molecule has 106 valence electrons. The van der Waals surface area contributed by atoms with Gasteiger partial charge in [0.15, 0.2) is 0 Å². The number of rotatable bonds is 11. The van der Waals surface area contributed by atoms with Crippen LogP contribution < -0.4 is 0 Å². The van der Waals surface area contributed by atoms with E-state index in [0.717, 1.165) is 16.4 Å². The van der Waals surface area contributed by atoms with Crippen LogP contribution in [0.1, 0.15) is 26.2 Å². The molecule has 2 aliphatic heterocycles. The van der Waals surface area contributed by atoms with Gasteiger partial charge in [-0.3, -0.25) is 0 Å². The Morgan fingerprint density at radius 1 is 1.11 bits per heavy atom. The highest BCUT2D eigenvalue weighted by molar-refractivity contribution is 8.79. The fourth-order valence-electron chi connectivity index (χ4n) is 1.80. The summed E-state index contributed by atoms with van der Waals surface area (Å²) in [5, 5.41) is 1.98. The van der Waals surface area contributed by atoms with Crippen LogP contribution in [-0.2, 0) is 0 Å². The van der Waals surface area contributed by atoms with Gasteiger partial charge in [-0.2, -0.15) is 35.3 Å². The van der Waals surface area contributed by atoms with Crippen LogP contribution in [0.3, 0.4) is 0 Å². The zero-order valence-corrected chi connectivity index (χ0v) is 15.2. The van der Waals surface area contributed by atoms with Crippen LogP contribution >= 0.6 is 56.9 Å². The minimum absolute atomic E-state index is 0.928. The van der Waals surface area contributed by atoms with Gasteiger partial charge >= 0.3 is 0 Å².